The number of rotatable bonds is 6. The van der Waals surface area contributed by atoms with E-state index in [2.05, 4.69) is 15.6 Å². The first kappa shape index (κ1) is 12.1. The fraction of sp³-hybridized carbons (Fsp3) is 0.600. The summed E-state index contributed by atoms with van der Waals surface area (Å²) in [6.45, 7) is 2.87. The highest BCUT2D eigenvalue weighted by atomic mass is 32.1. The molecular formula is C10H17N3OS. The smallest absolute Gasteiger partial charge is 0.221 e. The number of thiazole rings is 1. The van der Waals surface area contributed by atoms with E-state index in [1.807, 2.05) is 17.8 Å². The van der Waals surface area contributed by atoms with Crippen LogP contribution in [0.1, 0.15) is 19.0 Å². The number of nitrogens with zero attached hydrogens (tertiary/aromatic N) is 1. The fourth-order valence-electron chi connectivity index (χ4n) is 1.26. The molecule has 1 atom stereocenters. The van der Waals surface area contributed by atoms with E-state index in [1.54, 1.807) is 18.4 Å². The van der Waals surface area contributed by atoms with Crippen molar-refractivity contribution in [1.82, 2.24) is 15.6 Å². The first-order chi connectivity index (χ1) is 7.22. The highest BCUT2D eigenvalue weighted by Gasteiger charge is 2.06. The van der Waals surface area contributed by atoms with E-state index in [0.717, 1.165) is 18.7 Å². The van der Waals surface area contributed by atoms with E-state index in [4.69, 9.17) is 0 Å². The molecule has 1 rings (SSSR count). The molecule has 0 aliphatic rings. The molecule has 1 heterocycles. The third-order valence-electron chi connectivity index (χ3n) is 2.13. The van der Waals surface area contributed by atoms with Gasteiger partial charge in [-0.2, -0.15) is 0 Å². The van der Waals surface area contributed by atoms with E-state index in [0.29, 0.717) is 6.42 Å². The Hall–Kier alpha value is -0.940. The van der Waals surface area contributed by atoms with Crippen LogP contribution < -0.4 is 10.6 Å². The molecule has 5 heteroatoms. The summed E-state index contributed by atoms with van der Waals surface area (Å²) >= 11 is 1.61. The normalized spacial score (nSPS) is 12.4. The molecule has 0 fully saturated rings. The molecule has 84 valence electrons. The zero-order chi connectivity index (χ0) is 11.1. The van der Waals surface area contributed by atoms with Gasteiger partial charge in [0.1, 0.15) is 0 Å². The summed E-state index contributed by atoms with van der Waals surface area (Å²) in [7, 11) is 1.66. The van der Waals surface area contributed by atoms with Crippen molar-refractivity contribution in [3.05, 3.63) is 16.6 Å². The lowest BCUT2D eigenvalue weighted by molar-refractivity contribution is -0.121. The van der Waals surface area contributed by atoms with Gasteiger partial charge >= 0.3 is 0 Å². The molecule has 4 nitrogen and oxygen atoms in total. The van der Waals surface area contributed by atoms with Crippen molar-refractivity contribution in [1.29, 1.82) is 0 Å². The summed E-state index contributed by atoms with van der Waals surface area (Å²) in [5.41, 5.74) is 2.95. The third-order valence-corrected chi connectivity index (χ3v) is 2.76. The molecule has 0 aliphatic heterocycles. The Morgan fingerprint density at radius 1 is 1.67 bits per heavy atom. The van der Waals surface area contributed by atoms with E-state index in [1.165, 1.54) is 0 Å². The average Bonchev–Trinajstić information content (AvgIpc) is 2.70. The summed E-state index contributed by atoms with van der Waals surface area (Å²) in [5, 5.41) is 7.95. The number of amides is 1. The first-order valence-corrected chi connectivity index (χ1v) is 5.97. The summed E-state index contributed by atoms with van der Waals surface area (Å²) in [5.74, 6) is 0.0728. The lowest BCUT2D eigenvalue weighted by Crippen LogP contribution is -2.33. The van der Waals surface area contributed by atoms with Crippen LogP contribution in [0, 0.1) is 0 Å². The molecule has 0 saturated heterocycles. The number of nitrogens with one attached hydrogen (secondary N) is 2. The van der Waals surface area contributed by atoms with Crippen molar-refractivity contribution in [2.45, 2.75) is 25.8 Å². The number of hydrogen-bond donors (Lipinski definition) is 2. The summed E-state index contributed by atoms with van der Waals surface area (Å²) in [6, 6.07) is 0.212. The second kappa shape index (κ2) is 6.53. The van der Waals surface area contributed by atoms with E-state index >= 15 is 0 Å². The van der Waals surface area contributed by atoms with Gasteiger partial charge in [0, 0.05) is 37.9 Å². The lowest BCUT2D eigenvalue weighted by atomic mass is 10.2. The molecule has 1 aromatic heterocycles. The van der Waals surface area contributed by atoms with Crippen molar-refractivity contribution in [3.8, 4) is 0 Å². The number of aromatic nitrogens is 1. The Morgan fingerprint density at radius 2 is 2.47 bits per heavy atom. The topological polar surface area (TPSA) is 54.0 Å². The quantitative estimate of drug-likeness (QED) is 0.756. The minimum atomic E-state index is 0.0728. The summed E-state index contributed by atoms with van der Waals surface area (Å²) in [6.07, 6.45) is 1.44. The van der Waals surface area contributed by atoms with Crippen LogP contribution in [0.15, 0.2) is 10.9 Å². The van der Waals surface area contributed by atoms with Gasteiger partial charge in [-0.15, -0.1) is 11.3 Å². The molecule has 0 aliphatic carbocycles. The molecule has 1 amide bonds. The molecule has 0 saturated carbocycles. The zero-order valence-electron chi connectivity index (χ0n) is 9.12. The van der Waals surface area contributed by atoms with Crippen LogP contribution in [0.5, 0.6) is 0 Å². The molecule has 0 radical (unpaired) electrons. The molecule has 1 unspecified atom stereocenters. The molecule has 0 spiro atoms. The van der Waals surface area contributed by atoms with Crippen LogP contribution in [-0.4, -0.2) is 30.5 Å². The Kier molecular flexibility index (Phi) is 5.28. The second-order valence-corrected chi connectivity index (χ2v) is 4.18. The minimum Gasteiger partial charge on any atom is -0.359 e. The van der Waals surface area contributed by atoms with Crippen molar-refractivity contribution in [2.24, 2.45) is 0 Å². The maximum atomic E-state index is 11.1. The Labute approximate surface area is 94.1 Å². The van der Waals surface area contributed by atoms with Crippen molar-refractivity contribution < 1.29 is 4.79 Å². The van der Waals surface area contributed by atoms with Gasteiger partial charge in [-0.3, -0.25) is 4.79 Å². The monoisotopic (exact) mass is 227 g/mol. The van der Waals surface area contributed by atoms with Crippen LogP contribution in [-0.2, 0) is 11.2 Å². The van der Waals surface area contributed by atoms with E-state index in [-0.39, 0.29) is 11.9 Å². The van der Waals surface area contributed by atoms with Crippen molar-refractivity contribution in [2.75, 3.05) is 13.6 Å². The van der Waals surface area contributed by atoms with Gasteiger partial charge < -0.3 is 10.6 Å². The average molecular weight is 227 g/mol. The number of carbonyl (C=O) groups is 1. The van der Waals surface area contributed by atoms with Gasteiger partial charge in [0.15, 0.2) is 0 Å². The highest BCUT2D eigenvalue weighted by Crippen LogP contribution is 2.01. The van der Waals surface area contributed by atoms with Crippen LogP contribution >= 0.6 is 11.3 Å². The molecule has 15 heavy (non-hydrogen) atoms. The van der Waals surface area contributed by atoms with Crippen LogP contribution in [0.2, 0.25) is 0 Å². The second-order valence-electron chi connectivity index (χ2n) is 3.46. The van der Waals surface area contributed by atoms with Crippen LogP contribution in [0.3, 0.4) is 0 Å². The zero-order valence-corrected chi connectivity index (χ0v) is 9.93. The Bertz CT molecular complexity index is 287. The predicted octanol–water partition coefficient (Wildman–Crippen LogP) is 0.800. The maximum absolute atomic E-state index is 11.1. The minimum absolute atomic E-state index is 0.0728. The van der Waals surface area contributed by atoms with Crippen molar-refractivity contribution in [3.63, 3.8) is 0 Å². The van der Waals surface area contributed by atoms with Gasteiger partial charge in [-0.05, 0) is 6.92 Å². The molecule has 0 bridgehead atoms. The standard InChI is InChI=1S/C10H17N3OS/c1-8(5-10(14)11-2)12-4-3-9-6-15-7-13-9/h6-8,12H,3-5H2,1-2H3,(H,11,14). The molecule has 1 aromatic rings. The molecular weight excluding hydrogens is 210 g/mol. The van der Waals surface area contributed by atoms with Crippen LogP contribution in [0.4, 0.5) is 0 Å². The Morgan fingerprint density at radius 3 is 3.07 bits per heavy atom. The first-order valence-electron chi connectivity index (χ1n) is 5.03. The highest BCUT2D eigenvalue weighted by molar-refractivity contribution is 7.07. The number of hydrogen-bond acceptors (Lipinski definition) is 4. The third kappa shape index (κ3) is 4.90. The van der Waals surface area contributed by atoms with Gasteiger partial charge in [-0.1, -0.05) is 0 Å². The predicted molar refractivity (Wildman–Crippen MR) is 62.0 cm³/mol. The maximum Gasteiger partial charge on any atom is 0.221 e. The number of carbonyl (C=O) groups excluding carboxylic acids is 1. The molecule has 0 aromatic carbocycles. The summed E-state index contributed by atoms with van der Waals surface area (Å²) < 4.78 is 0. The van der Waals surface area contributed by atoms with Crippen LogP contribution in [0.25, 0.3) is 0 Å². The van der Waals surface area contributed by atoms with E-state index in [9.17, 15) is 4.79 Å². The Balaban J connectivity index is 2.12. The van der Waals surface area contributed by atoms with Gasteiger partial charge in [0.2, 0.25) is 5.91 Å². The van der Waals surface area contributed by atoms with E-state index < -0.39 is 0 Å². The van der Waals surface area contributed by atoms with Crippen molar-refractivity contribution >= 4 is 17.2 Å². The SMILES string of the molecule is CNC(=O)CC(C)NCCc1cscn1. The van der Waals surface area contributed by atoms with Gasteiger partial charge in [-0.25, -0.2) is 4.98 Å². The largest absolute Gasteiger partial charge is 0.359 e. The molecule has 2 N–H and O–H groups in total. The lowest BCUT2D eigenvalue weighted by Gasteiger charge is -2.11. The summed E-state index contributed by atoms with van der Waals surface area (Å²) in [4.78, 5) is 15.2. The van der Waals surface area contributed by atoms with Gasteiger partial charge in [0.05, 0.1) is 11.2 Å². The van der Waals surface area contributed by atoms with Gasteiger partial charge in [0.25, 0.3) is 0 Å². The fourth-order valence-corrected chi connectivity index (χ4v) is 1.85.